The molecule has 0 spiro atoms. The SMILES string of the molecule is CCCC(=O)O.CCCC(=O)O.[CaH2].[NaH]. The van der Waals surface area contributed by atoms with Gasteiger partial charge in [-0.3, -0.25) is 9.59 Å². The van der Waals surface area contributed by atoms with Crippen LogP contribution in [0.4, 0.5) is 0 Å². The van der Waals surface area contributed by atoms with Crippen molar-refractivity contribution < 1.29 is 19.8 Å². The van der Waals surface area contributed by atoms with Crippen molar-refractivity contribution in [3.63, 3.8) is 0 Å². The van der Waals surface area contributed by atoms with E-state index in [0.29, 0.717) is 12.8 Å². The Balaban J connectivity index is -0.0000000625. The number of aliphatic carboxylic acids is 2. The fourth-order valence-electron chi connectivity index (χ4n) is 0.428. The summed E-state index contributed by atoms with van der Waals surface area (Å²) in [6, 6.07) is 0. The molecule has 0 bridgehead atoms. The summed E-state index contributed by atoms with van der Waals surface area (Å²) in [6.07, 6.45) is 2.05. The van der Waals surface area contributed by atoms with Crippen molar-refractivity contribution >= 4 is 79.2 Å². The van der Waals surface area contributed by atoms with Gasteiger partial charge in [-0.1, -0.05) is 13.8 Å². The van der Waals surface area contributed by atoms with Gasteiger partial charge in [0, 0.05) is 12.8 Å². The van der Waals surface area contributed by atoms with Crippen LogP contribution in [0.15, 0.2) is 0 Å². The Kier molecular flexibility index (Phi) is 34.4. The molecule has 0 aromatic heterocycles. The second kappa shape index (κ2) is 19.7. The van der Waals surface area contributed by atoms with E-state index in [4.69, 9.17) is 10.2 Å². The Bertz CT molecular complexity index is 125. The molecule has 0 amide bonds. The summed E-state index contributed by atoms with van der Waals surface area (Å²) >= 11 is 0. The van der Waals surface area contributed by atoms with E-state index in [0.717, 1.165) is 12.8 Å². The Hall–Kier alpha value is 1.20. The molecule has 0 rings (SSSR count). The van der Waals surface area contributed by atoms with Crippen LogP contribution in [0.2, 0.25) is 0 Å². The zero-order valence-electron chi connectivity index (χ0n) is 7.54. The number of rotatable bonds is 4. The van der Waals surface area contributed by atoms with Crippen LogP contribution in [0.3, 0.4) is 0 Å². The van der Waals surface area contributed by atoms with E-state index < -0.39 is 11.9 Å². The van der Waals surface area contributed by atoms with Gasteiger partial charge in [-0.25, -0.2) is 0 Å². The van der Waals surface area contributed by atoms with E-state index in [1.165, 1.54) is 0 Å². The van der Waals surface area contributed by atoms with Gasteiger partial charge in [-0.2, -0.15) is 0 Å². The Labute approximate surface area is 137 Å². The van der Waals surface area contributed by atoms with Crippen LogP contribution >= 0.6 is 0 Å². The molecule has 4 nitrogen and oxygen atoms in total. The Morgan fingerprint density at radius 2 is 1.14 bits per heavy atom. The quantitative estimate of drug-likeness (QED) is 0.690. The molecule has 0 fully saturated rings. The molecular formula is C8H19CaNaO4. The average molecular weight is 242 g/mol. The maximum atomic E-state index is 9.60. The third kappa shape index (κ3) is 37.9. The first-order valence-corrected chi connectivity index (χ1v) is 3.98. The fraction of sp³-hybridized carbons (Fsp3) is 0.750. The van der Waals surface area contributed by atoms with E-state index in [1.54, 1.807) is 0 Å². The molecule has 78 valence electrons. The van der Waals surface area contributed by atoms with E-state index in [2.05, 4.69) is 0 Å². The first-order valence-electron chi connectivity index (χ1n) is 3.98. The fourth-order valence-corrected chi connectivity index (χ4v) is 0.428. The molecule has 0 radical (unpaired) electrons. The topological polar surface area (TPSA) is 74.6 Å². The number of hydrogen-bond acceptors (Lipinski definition) is 2. The van der Waals surface area contributed by atoms with Crippen molar-refractivity contribution in [2.75, 3.05) is 0 Å². The van der Waals surface area contributed by atoms with Gasteiger partial charge in [-0.15, -0.1) is 0 Å². The van der Waals surface area contributed by atoms with Gasteiger partial charge in [0.15, 0.2) is 0 Å². The molecular weight excluding hydrogens is 223 g/mol. The monoisotopic (exact) mass is 242 g/mol. The molecule has 0 aromatic rings. The molecule has 0 saturated carbocycles. The van der Waals surface area contributed by atoms with Crippen molar-refractivity contribution in [1.29, 1.82) is 0 Å². The van der Waals surface area contributed by atoms with Crippen LogP contribution in [-0.4, -0.2) is 89.4 Å². The van der Waals surface area contributed by atoms with Crippen molar-refractivity contribution in [1.82, 2.24) is 0 Å². The zero-order valence-corrected chi connectivity index (χ0v) is 7.54. The van der Waals surface area contributed by atoms with Crippen molar-refractivity contribution in [3.05, 3.63) is 0 Å². The molecule has 0 heterocycles. The summed E-state index contributed by atoms with van der Waals surface area (Å²) in [6.45, 7) is 3.68. The number of carboxylic acid groups (broad SMARTS) is 2. The molecule has 0 aromatic carbocycles. The summed E-state index contributed by atoms with van der Waals surface area (Å²) < 4.78 is 0. The van der Waals surface area contributed by atoms with Gasteiger partial charge in [0.05, 0.1) is 0 Å². The summed E-state index contributed by atoms with van der Waals surface area (Å²) in [4.78, 5) is 19.2. The predicted octanol–water partition coefficient (Wildman–Crippen LogP) is 0.177. The predicted molar refractivity (Wildman–Crippen MR) is 60.8 cm³/mol. The summed E-state index contributed by atoms with van der Waals surface area (Å²) in [5.41, 5.74) is 0. The van der Waals surface area contributed by atoms with Gasteiger partial charge in [0.1, 0.15) is 0 Å². The van der Waals surface area contributed by atoms with Crippen LogP contribution in [0.25, 0.3) is 0 Å². The number of carbonyl (C=O) groups is 2. The normalized spacial score (nSPS) is 7.00. The van der Waals surface area contributed by atoms with Gasteiger partial charge in [0.2, 0.25) is 0 Å². The van der Waals surface area contributed by atoms with Gasteiger partial charge in [-0.05, 0) is 12.8 Å². The first-order chi connectivity index (χ1) is 5.54. The maximum absolute atomic E-state index is 9.60. The number of hydrogen-bond donors (Lipinski definition) is 2. The first kappa shape index (κ1) is 24.4. The summed E-state index contributed by atoms with van der Waals surface area (Å²) in [7, 11) is 0. The molecule has 0 aliphatic heterocycles. The summed E-state index contributed by atoms with van der Waals surface area (Å²) in [5.74, 6) is -1.42. The van der Waals surface area contributed by atoms with Crippen LogP contribution in [0.1, 0.15) is 39.5 Å². The van der Waals surface area contributed by atoms with Gasteiger partial charge in [0.25, 0.3) is 0 Å². The zero-order chi connectivity index (χ0) is 9.98. The average Bonchev–Trinajstić information content (AvgIpc) is 1.87. The Morgan fingerprint density at radius 1 is 0.929 bits per heavy atom. The molecule has 2 N–H and O–H groups in total. The van der Waals surface area contributed by atoms with Gasteiger partial charge >= 0.3 is 79.2 Å². The standard InChI is InChI=1S/2C4H8O2.Ca.Na.3H/c2*1-2-3-4(5)6;;;;;/h2*2-3H2,1H3,(H,5,6);;;;;. The molecule has 6 heteroatoms. The van der Waals surface area contributed by atoms with E-state index >= 15 is 0 Å². The van der Waals surface area contributed by atoms with Crippen molar-refractivity contribution in [2.45, 2.75) is 39.5 Å². The third-order valence-corrected chi connectivity index (χ3v) is 0.928. The van der Waals surface area contributed by atoms with Crippen molar-refractivity contribution in [3.8, 4) is 0 Å². The molecule has 0 aliphatic rings. The number of carboxylic acids is 2. The van der Waals surface area contributed by atoms with Crippen molar-refractivity contribution in [2.24, 2.45) is 0 Å². The molecule has 0 saturated heterocycles. The van der Waals surface area contributed by atoms with Crippen LogP contribution < -0.4 is 0 Å². The molecule has 0 aliphatic carbocycles. The molecule has 14 heavy (non-hydrogen) atoms. The second-order valence-electron chi connectivity index (χ2n) is 2.29. The van der Waals surface area contributed by atoms with E-state index in [-0.39, 0.29) is 67.3 Å². The summed E-state index contributed by atoms with van der Waals surface area (Å²) in [5, 5.41) is 15.8. The molecule has 0 atom stereocenters. The molecule has 0 unspecified atom stereocenters. The Morgan fingerprint density at radius 3 is 1.14 bits per heavy atom. The minimum absolute atomic E-state index is 0. The minimum atomic E-state index is -0.711. The van der Waals surface area contributed by atoms with Crippen LogP contribution in [0.5, 0.6) is 0 Å². The van der Waals surface area contributed by atoms with Gasteiger partial charge < -0.3 is 10.2 Å². The third-order valence-electron chi connectivity index (χ3n) is 0.928. The second-order valence-corrected chi connectivity index (χ2v) is 2.29. The van der Waals surface area contributed by atoms with E-state index in [1.807, 2.05) is 13.8 Å². The van der Waals surface area contributed by atoms with E-state index in [9.17, 15) is 9.59 Å². The van der Waals surface area contributed by atoms with Crippen LogP contribution in [-0.2, 0) is 9.59 Å². The van der Waals surface area contributed by atoms with Crippen LogP contribution in [0, 0.1) is 0 Å².